The van der Waals surface area contributed by atoms with Gasteiger partial charge < -0.3 is 25.2 Å². The number of anilines is 4. The lowest BCUT2D eigenvalue weighted by molar-refractivity contribution is 0.00205. The molecular formula is C43H42FN5O4S. The van der Waals surface area contributed by atoms with Crippen LogP contribution in [0.5, 0.6) is 0 Å². The molecule has 1 spiro atoms. The van der Waals surface area contributed by atoms with Gasteiger partial charge in [0.2, 0.25) is 0 Å². The molecule has 3 amide bonds. The second-order valence-electron chi connectivity index (χ2n) is 14.6. The van der Waals surface area contributed by atoms with Gasteiger partial charge in [0.15, 0.2) is 0 Å². The van der Waals surface area contributed by atoms with Gasteiger partial charge in [-0.15, -0.1) is 11.3 Å². The maximum atomic E-state index is 14.5. The maximum Gasteiger partial charge on any atom is 0.265 e. The molecule has 3 aliphatic heterocycles. The zero-order chi connectivity index (χ0) is 37.4. The van der Waals surface area contributed by atoms with E-state index in [-0.39, 0.29) is 23.4 Å². The van der Waals surface area contributed by atoms with Gasteiger partial charge in [0.25, 0.3) is 17.7 Å². The number of aryl methyl sites for hydroxylation is 2. The van der Waals surface area contributed by atoms with Gasteiger partial charge in [-0.1, -0.05) is 30.3 Å². The molecule has 0 aliphatic carbocycles. The molecule has 54 heavy (non-hydrogen) atoms. The predicted octanol–water partition coefficient (Wildman–Crippen LogP) is 8.67. The molecule has 2 N–H and O–H groups in total. The number of pyridine rings is 1. The fraction of sp³-hybridized carbons (Fsp3) is 0.302. The molecular weight excluding hydrogens is 702 g/mol. The first-order valence-electron chi connectivity index (χ1n) is 18.5. The average molecular weight is 744 g/mol. The van der Waals surface area contributed by atoms with Crippen molar-refractivity contribution in [2.75, 3.05) is 53.3 Å². The number of amides is 3. The van der Waals surface area contributed by atoms with Crippen molar-refractivity contribution in [2.45, 2.75) is 46.0 Å². The van der Waals surface area contributed by atoms with Crippen molar-refractivity contribution < 1.29 is 23.5 Å². The molecule has 8 rings (SSSR count). The highest BCUT2D eigenvalue weighted by Gasteiger charge is 2.37. The smallest absolute Gasteiger partial charge is 0.265 e. The van der Waals surface area contributed by atoms with Crippen LogP contribution < -0.4 is 20.4 Å². The molecule has 2 fully saturated rings. The van der Waals surface area contributed by atoms with E-state index in [0.717, 1.165) is 79.2 Å². The topological polar surface area (TPSA) is 104 Å². The Morgan fingerprint density at radius 1 is 0.852 bits per heavy atom. The van der Waals surface area contributed by atoms with Gasteiger partial charge in [-0.25, -0.2) is 9.37 Å². The number of fused-ring (bicyclic) bond motifs is 3. The minimum absolute atomic E-state index is 0.166. The number of nitrogens with zero attached hydrogens (tertiary/aromatic N) is 3. The quantitative estimate of drug-likeness (QED) is 0.181. The Balaban J connectivity index is 0.967. The molecule has 0 unspecified atom stereocenters. The van der Waals surface area contributed by atoms with Crippen molar-refractivity contribution in [1.29, 1.82) is 0 Å². The Bertz CT molecular complexity index is 2220. The normalized spacial score (nSPS) is 16.3. The van der Waals surface area contributed by atoms with Crippen LogP contribution in [0, 0.1) is 25.1 Å². The minimum atomic E-state index is -0.481. The van der Waals surface area contributed by atoms with E-state index in [1.165, 1.54) is 17.4 Å². The molecule has 0 saturated carbocycles. The van der Waals surface area contributed by atoms with Crippen molar-refractivity contribution in [3.63, 3.8) is 0 Å². The van der Waals surface area contributed by atoms with E-state index >= 15 is 0 Å². The van der Waals surface area contributed by atoms with E-state index in [1.54, 1.807) is 48.2 Å². The summed E-state index contributed by atoms with van der Waals surface area (Å²) >= 11 is 1.34. The number of thiophene rings is 1. The summed E-state index contributed by atoms with van der Waals surface area (Å²) in [5.74, 6) is -0.556. The lowest BCUT2D eigenvalue weighted by atomic mass is 9.72. The second kappa shape index (κ2) is 14.8. The van der Waals surface area contributed by atoms with Crippen LogP contribution in [0.25, 0.3) is 10.4 Å². The molecule has 11 heteroatoms. The van der Waals surface area contributed by atoms with Crippen LogP contribution in [0.3, 0.4) is 0 Å². The Kier molecular flexibility index (Phi) is 9.76. The number of carbonyl (C=O) groups is 3. The highest BCUT2D eigenvalue weighted by Crippen LogP contribution is 2.43. The largest absolute Gasteiger partial charge is 0.381 e. The van der Waals surface area contributed by atoms with E-state index in [0.29, 0.717) is 51.5 Å². The van der Waals surface area contributed by atoms with Gasteiger partial charge in [-0.05, 0) is 117 Å². The third-order valence-electron chi connectivity index (χ3n) is 11.1. The molecule has 9 nitrogen and oxygen atoms in total. The summed E-state index contributed by atoms with van der Waals surface area (Å²) in [5, 5.41) is 5.78. The van der Waals surface area contributed by atoms with Crippen LogP contribution in [0.15, 0.2) is 85.1 Å². The average Bonchev–Trinajstić information content (AvgIpc) is 3.55. The zero-order valence-corrected chi connectivity index (χ0v) is 31.2. The third kappa shape index (κ3) is 7.01. The molecule has 5 heterocycles. The van der Waals surface area contributed by atoms with Crippen molar-refractivity contribution in [3.05, 3.63) is 124 Å². The number of para-hydroxylation sites is 2. The Labute approximate surface area is 318 Å². The number of nitrogens with one attached hydrogen (secondary N) is 2. The van der Waals surface area contributed by atoms with E-state index in [1.807, 2.05) is 49.5 Å². The summed E-state index contributed by atoms with van der Waals surface area (Å²) in [4.78, 5) is 51.2. The van der Waals surface area contributed by atoms with Gasteiger partial charge in [0, 0.05) is 60.7 Å². The Morgan fingerprint density at radius 3 is 2.37 bits per heavy atom. The Morgan fingerprint density at radius 2 is 1.61 bits per heavy atom. The molecule has 0 atom stereocenters. The number of halogens is 1. The molecule has 3 aromatic carbocycles. The number of hydrogen-bond donors (Lipinski definition) is 2. The number of carbonyl (C=O) groups excluding carboxylic acids is 3. The van der Waals surface area contributed by atoms with Crippen LogP contribution in [-0.4, -0.2) is 55.6 Å². The summed E-state index contributed by atoms with van der Waals surface area (Å²) < 4.78 is 20.1. The fourth-order valence-electron chi connectivity index (χ4n) is 7.91. The fourth-order valence-corrected chi connectivity index (χ4v) is 9.05. The molecule has 0 bridgehead atoms. The SMILES string of the molecule is Cc1cnc(N2CCC3(CCOCC3)CC2)c(C(=O)Nc2ccc(C(=O)N3CCc4cc(C(=O)Nc5c(C)cccc5F)sc4-c4ccccc43)cc2)c1. The highest BCUT2D eigenvalue weighted by molar-refractivity contribution is 7.17. The molecule has 276 valence electrons. The number of rotatable bonds is 6. The lowest BCUT2D eigenvalue weighted by Crippen LogP contribution is -2.43. The van der Waals surface area contributed by atoms with Crippen LogP contribution in [-0.2, 0) is 11.2 Å². The van der Waals surface area contributed by atoms with Crippen LogP contribution in [0.2, 0.25) is 0 Å². The molecule has 3 aliphatic rings. The molecule has 5 aromatic rings. The predicted molar refractivity (Wildman–Crippen MR) is 212 cm³/mol. The van der Waals surface area contributed by atoms with Gasteiger partial charge in [-0.3, -0.25) is 14.4 Å². The summed E-state index contributed by atoms with van der Waals surface area (Å²) in [6.45, 7) is 7.45. The van der Waals surface area contributed by atoms with Crippen LogP contribution >= 0.6 is 11.3 Å². The van der Waals surface area contributed by atoms with E-state index < -0.39 is 5.82 Å². The monoisotopic (exact) mass is 743 g/mol. The first-order chi connectivity index (χ1) is 26.2. The van der Waals surface area contributed by atoms with Crippen LogP contribution in [0.4, 0.5) is 27.3 Å². The Hall–Kier alpha value is -5.39. The van der Waals surface area contributed by atoms with Crippen molar-refractivity contribution >= 4 is 51.9 Å². The van der Waals surface area contributed by atoms with E-state index in [9.17, 15) is 18.8 Å². The van der Waals surface area contributed by atoms with Crippen molar-refractivity contribution in [2.24, 2.45) is 5.41 Å². The number of benzene rings is 3. The summed E-state index contributed by atoms with van der Waals surface area (Å²) in [5.41, 5.74) is 6.22. The van der Waals surface area contributed by atoms with Crippen LogP contribution in [0.1, 0.15) is 72.8 Å². The summed E-state index contributed by atoms with van der Waals surface area (Å²) in [6.07, 6.45) is 6.66. The summed E-state index contributed by atoms with van der Waals surface area (Å²) in [7, 11) is 0. The van der Waals surface area contributed by atoms with Gasteiger partial charge in [0.1, 0.15) is 11.6 Å². The van der Waals surface area contributed by atoms with Crippen molar-refractivity contribution in [3.8, 4) is 10.4 Å². The first kappa shape index (κ1) is 35.6. The maximum absolute atomic E-state index is 14.5. The standard InChI is InChI=1S/C43H42FN5O4S/c1-27-24-33(39(45-26-27)48-20-15-43(16-21-48)17-22-53-23-18-43)40(50)46-31-12-10-29(11-13-31)42(52)49-19-14-30-25-36(54-38(30)32-7-3-4-9-35(32)49)41(51)47-37-28(2)6-5-8-34(37)44/h3-13,24-26H,14-23H2,1-2H3,(H,46,50)(H,47,51). The number of aromatic nitrogens is 1. The zero-order valence-electron chi connectivity index (χ0n) is 30.4. The minimum Gasteiger partial charge on any atom is -0.381 e. The molecule has 2 aromatic heterocycles. The van der Waals surface area contributed by atoms with E-state index in [2.05, 4.69) is 15.5 Å². The third-order valence-corrected chi connectivity index (χ3v) is 12.3. The van der Waals surface area contributed by atoms with Gasteiger partial charge in [-0.2, -0.15) is 0 Å². The first-order valence-corrected chi connectivity index (χ1v) is 19.3. The summed E-state index contributed by atoms with van der Waals surface area (Å²) in [6, 6.07) is 23.1. The number of ether oxygens (including phenoxy) is 1. The highest BCUT2D eigenvalue weighted by atomic mass is 32.1. The lowest BCUT2D eigenvalue weighted by Gasteiger charge is -2.44. The van der Waals surface area contributed by atoms with Gasteiger partial charge in [0.05, 0.1) is 21.8 Å². The molecule has 0 radical (unpaired) electrons. The second-order valence-corrected chi connectivity index (χ2v) is 15.6. The number of hydrogen-bond acceptors (Lipinski definition) is 7. The van der Waals surface area contributed by atoms with Crippen molar-refractivity contribution in [1.82, 2.24) is 4.98 Å². The van der Waals surface area contributed by atoms with Gasteiger partial charge >= 0.3 is 0 Å². The van der Waals surface area contributed by atoms with E-state index in [4.69, 9.17) is 9.72 Å². The molecule has 2 saturated heterocycles. The number of piperidine rings is 1.